The van der Waals surface area contributed by atoms with Gasteiger partial charge in [0.2, 0.25) is 5.95 Å². The Labute approximate surface area is 167 Å². The molecule has 29 heavy (non-hydrogen) atoms. The smallest absolute Gasteiger partial charge is 0.222 e. The van der Waals surface area contributed by atoms with Crippen LogP contribution in [0.5, 0.6) is 0 Å². The fraction of sp³-hybridized carbons (Fsp3) is 0.286. The lowest BCUT2D eigenvalue weighted by Gasteiger charge is -2.21. The van der Waals surface area contributed by atoms with Crippen LogP contribution < -0.4 is 5.73 Å². The Morgan fingerprint density at radius 1 is 0.966 bits per heavy atom. The molecule has 146 valence electrons. The maximum absolute atomic E-state index is 10.8. The first kappa shape index (κ1) is 17.7. The van der Waals surface area contributed by atoms with Crippen LogP contribution in [-0.2, 0) is 12.1 Å². The molecule has 0 saturated heterocycles. The van der Waals surface area contributed by atoms with E-state index >= 15 is 0 Å². The molecule has 3 heterocycles. The van der Waals surface area contributed by atoms with Crippen molar-refractivity contribution in [2.45, 2.75) is 37.8 Å². The third kappa shape index (κ3) is 3.21. The van der Waals surface area contributed by atoms with E-state index in [-0.39, 0.29) is 5.95 Å². The van der Waals surface area contributed by atoms with Gasteiger partial charge < -0.3 is 10.8 Å². The number of nitrogens with two attached hydrogens (primary N) is 1. The number of hydrogen-bond acceptors (Lipinski definition) is 7. The first-order valence-corrected chi connectivity index (χ1v) is 9.73. The van der Waals surface area contributed by atoms with Gasteiger partial charge in [0.05, 0.1) is 17.9 Å². The molecule has 0 radical (unpaired) electrons. The number of rotatable bonds is 4. The second-order valence-corrected chi connectivity index (χ2v) is 7.47. The molecule has 0 bridgehead atoms. The van der Waals surface area contributed by atoms with Crippen LogP contribution in [0, 0.1) is 0 Å². The Kier molecular flexibility index (Phi) is 4.21. The van der Waals surface area contributed by atoms with E-state index < -0.39 is 5.60 Å². The molecular formula is C21H21N7O. The number of fused-ring (bicyclic) bond motifs is 1. The van der Waals surface area contributed by atoms with Crippen LogP contribution in [0.1, 0.15) is 37.1 Å². The lowest BCUT2D eigenvalue weighted by molar-refractivity contribution is 0.0397. The van der Waals surface area contributed by atoms with Crippen molar-refractivity contribution in [3.05, 3.63) is 59.9 Å². The fourth-order valence-corrected chi connectivity index (χ4v) is 3.97. The van der Waals surface area contributed by atoms with Gasteiger partial charge in [0, 0.05) is 5.56 Å². The molecule has 8 heteroatoms. The Bertz CT molecular complexity index is 1170. The zero-order chi connectivity index (χ0) is 19.8. The summed E-state index contributed by atoms with van der Waals surface area (Å²) in [5.74, 6) is 0.168. The molecule has 1 aliphatic carbocycles. The van der Waals surface area contributed by atoms with Crippen molar-refractivity contribution >= 4 is 17.1 Å². The van der Waals surface area contributed by atoms with Crippen LogP contribution in [0.3, 0.4) is 0 Å². The minimum absolute atomic E-state index is 0.168. The maximum Gasteiger partial charge on any atom is 0.222 e. The van der Waals surface area contributed by atoms with Gasteiger partial charge in [-0.3, -0.25) is 4.98 Å². The predicted molar refractivity (Wildman–Crippen MR) is 109 cm³/mol. The third-order valence-electron chi connectivity index (χ3n) is 5.45. The Balaban J connectivity index is 1.53. The Morgan fingerprint density at radius 3 is 2.55 bits per heavy atom. The minimum atomic E-state index is -0.826. The van der Waals surface area contributed by atoms with E-state index in [1.54, 1.807) is 4.68 Å². The van der Waals surface area contributed by atoms with Crippen LogP contribution in [0.4, 0.5) is 5.95 Å². The topological polar surface area (TPSA) is 116 Å². The number of pyridine rings is 1. The molecule has 1 aliphatic rings. The van der Waals surface area contributed by atoms with Crippen molar-refractivity contribution in [3.8, 4) is 11.3 Å². The van der Waals surface area contributed by atoms with Gasteiger partial charge >= 0.3 is 0 Å². The van der Waals surface area contributed by atoms with Gasteiger partial charge in [-0.1, -0.05) is 54.5 Å². The summed E-state index contributed by atoms with van der Waals surface area (Å²) in [5.41, 5.74) is 9.36. The molecule has 1 fully saturated rings. The zero-order valence-electron chi connectivity index (χ0n) is 15.9. The van der Waals surface area contributed by atoms with E-state index in [9.17, 15) is 5.11 Å². The molecule has 8 nitrogen and oxygen atoms in total. The molecular weight excluding hydrogens is 366 g/mol. The zero-order valence-corrected chi connectivity index (χ0v) is 15.9. The lowest BCUT2D eigenvalue weighted by Crippen LogP contribution is -2.23. The average molecular weight is 387 g/mol. The molecule has 4 aromatic rings. The molecule has 0 atom stereocenters. The van der Waals surface area contributed by atoms with Crippen molar-refractivity contribution in [1.82, 2.24) is 29.9 Å². The fourth-order valence-electron chi connectivity index (χ4n) is 3.97. The van der Waals surface area contributed by atoms with Crippen molar-refractivity contribution < 1.29 is 5.11 Å². The summed E-state index contributed by atoms with van der Waals surface area (Å²) in [6, 6.07) is 15.5. The van der Waals surface area contributed by atoms with Gasteiger partial charge in [0.25, 0.3) is 0 Å². The number of anilines is 1. The molecule has 5 rings (SSSR count). The largest absolute Gasteiger partial charge is 0.384 e. The van der Waals surface area contributed by atoms with E-state index in [1.807, 2.05) is 48.5 Å². The number of nitrogens with zero attached hydrogens (tertiary/aromatic N) is 6. The van der Waals surface area contributed by atoms with Crippen molar-refractivity contribution in [2.75, 3.05) is 5.73 Å². The van der Waals surface area contributed by atoms with Crippen molar-refractivity contribution in [3.63, 3.8) is 0 Å². The van der Waals surface area contributed by atoms with Crippen LogP contribution in [0.15, 0.2) is 48.5 Å². The van der Waals surface area contributed by atoms with E-state index in [0.717, 1.165) is 42.6 Å². The van der Waals surface area contributed by atoms with Gasteiger partial charge in [0.15, 0.2) is 11.2 Å². The highest BCUT2D eigenvalue weighted by Crippen LogP contribution is 2.37. The van der Waals surface area contributed by atoms with E-state index in [4.69, 9.17) is 10.7 Å². The molecule has 1 aromatic carbocycles. The summed E-state index contributed by atoms with van der Waals surface area (Å²) in [5, 5.41) is 19.4. The second kappa shape index (κ2) is 6.89. The van der Waals surface area contributed by atoms with E-state index in [0.29, 0.717) is 23.4 Å². The SMILES string of the molecule is Nc1nc(-c2ccccc2)c2nnn(Cc3cccc(C4(O)CCCC4)n3)c2n1. The van der Waals surface area contributed by atoms with Crippen LogP contribution in [0.2, 0.25) is 0 Å². The number of hydrogen-bond donors (Lipinski definition) is 2. The Hall–Kier alpha value is -3.39. The third-order valence-corrected chi connectivity index (χ3v) is 5.45. The monoisotopic (exact) mass is 387 g/mol. The van der Waals surface area contributed by atoms with Gasteiger partial charge in [-0.2, -0.15) is 4.98 Å². The Morgan fingerprint density at radius 2 is 1.76 bits per heavy atom. The van der Waals surface area contributed by atoms with Crippen molar-refractivity contribution in [1.29, 1.82) is 0 Å². The lowest BCUT2D eigenvalue weighted by atomic mass is 9.97. The van der Waals surface area contributed by atoms with Gasteiger partial charge in [-0.05, 0) is 25.0 Å². The number of aromatic nitrogens is 6. The van der Waals surface area contributed by atoms with E-state index in [2.05, 4.69) is 20.3 Å². The highest BCUT2D eigenvalue weighted by molar-refractivity contribution is 5.87. The summed E-state index contributed by atoms with van der Waals surface area (Å²) >= 11 is 0. The molecule has 3 N–H and O–H groups in total. The van der Waals surface area contributed by atoms with Gasteiger partial charge in [-0.15, -0.1) is 5.10 Å². The highest BCUT2D eigenvalue weighted by Gasteiger charge is 2.34. The quantitative estimate of drug-likeness (QED) is 0.553. The summed E-state index contributed by atoms with van der Waals surface area (Å²) in [6.07, 6.45) is 3.54. The number of benzene rings is 1. The molecule has 0 aliphatic heterocycles. The maximum atomic E-state index is 10.8. The first-order valence-electron chi connectivity index (χ1n) is 9.73. The summed E-state index contributed by atoms with van der Waals surface area (Å²) in [4.78, 5) is 13.4. The predicted octanol–water partition coefficient (Wildman–Crippen LogP) is 2.68. The van der Waals surface area contributed by atoms with Crippen LogP contribution in [-0.4, -0.2) is 35.1 Å². The summed E-state index contributed by atoms with van der Waals surface area (Å²) in [6.45, 7) is 0.380. The molecule has 0 unspecified atom stereocenters. The minimum Gasteiger partial charge on any atom is -0.384 e. The molecule has 0 amide bonds. The normalized spacial score (nSPS) is 15.8. The van der Waals surface area contributed by atoms with Gasteiger partial charge in [0.1, 0.15) is 11.3 Å². The van der Waals surface area contributed by atoms with Gasteiger partial charge in [-0.25, -0.2) is 9.67 Å². The molecule has 3 aromatic heterocycles. The standard InChI is InChI=1S/C21H21N7O/c22-20-24-17(14-7-2-1-3-8-14)18-19(25-20)28(27-26-18)13-15-9-6-10-16(23-15)21(29)11-4-5-12-21/h1-3,6-10,29H,4-5,11-13H2,(H2,22,24,25). The molecule has 1 saturated carbocycles. The summed E-state index contributed by atoms with van der Waals surface area (Å²) < 4.78 is 1.67. The number of nitrogen functional groups attached to an aromatic ring is 1. The van der Waals surface area contributed by atoms with Crippen LogP contribution >= 0.6 is 0 Å². The molecule has 0 spiro atoms. The summed E-state index contributed by atoms with van der Waals surface area (Å²) in [7, 11) is 0. The highest BCUT2D eigenvalue weighted by atomic mass is 16.3. The number of aliphatic hydroxyl groups is 1. The second-order valence-electron chi connectivity index (χ2n) is 7.47. The first-order chi connectivity index (χ1) is 14.1. The van der Waals surface area contributed by atoms with Crippen LogP contribution in [0.25, 0.3) is 22.4 Å². The van der Waals surface area contributed by atoms with E-state index in [1.165, 1.54) is 0 Å². The average Bonchev–Trinajstić information content (AvgIpc) is 3.36. The van der Waals surface area contributed by atoms with Crippen molar-refractivity contribution in [2.24, 2.45) is 0 Å².